The van der Waals surface area contributed by atoms with Crippen molar-refractivity contribution in [3.05, 3.63) is 11.8 Å². The minimum Gasteiger partial charge on any atom is -0.382 e. The van der Waals surface area contributed by atoms with Gasteiger partial charge in [-0.25, -0.2) is 9.97 Å². The fourth-order valence-corrected chi connectivity index (χ4v) is 3.32. The summed E-state index contributed by atoms with van der Waals surface area (Å²) < 4.78 is 0. The molecule has 118 valence electrons. The van der Waals surface area contributed by atoms with Gasteiger partial charge in [-0.05, 0) is 25.7 Å². The summed E-state index contributed by atoms with van der Waals surface area (Å²) in [6.07, 6.45) is 6.02. The van der Waals surface area contributed by atoms with E-state index in [0.717, 1.165) is 6.42 Å². The van der Waals surface area contributed by atoms with Gasteiger partial charge in [0.15, 0.2) is 5.16 Å². The molecule has 1 aliphatic carbocycles. The Labute approximate surface area is 134 Å². The lowest BCUT2D eigenvalue weighted by molar-refractivity contribution is -0.121. The molecule has 0 saturated heterocycles. The number of anilines is 1. The van der Waals surface area contributed by atoms with E-state index in [-0.39, 0.29) is 28.6 Å². The van der Waals surface area contributed by atoms with Crippen molar-refractivity contribution in [2.45, 2.75) is 56.0 Å². The maximum absolute atomic E-state index is 12.3. The number of amides is 1. The quantitative estimate of drug-likeness (QED) is 0.650. The molecule has 3 N–H and O–H groups in total. The van der Waals surface area contributed by atoms with Crippen molar-refractivity contribution in [2.75, 3.05) is 5.73 Å². The number of nitrogen functional groups attached to an aromatic ring is 1. The first-order chi connectivity index (χ1) is 10.5. The third-order valence-electron chi connectivity index (χ3n) is 4.01. The lowest BCUT2D eigenvalue weighted by atomic mass is 9.86. The Bertz CT molecular complexity index is 586. The van der Waals surface area contributed by atoms with Gasteiger partial charge < -0.3 is 11.1 Å². The van der Waals surface area contributed by atoms with E-state index in [9.17, 15) is 4.79 Å². The molecule has 0 aliphatic heterocycles. The van der Waals surface area contributed by atoms with Crippen molar-refractivity contribution < 1.29 is 4.79 Å². The fourth-order valence-electron chi connectivity index (χ4n) is 2.56. The summed E-state index contributed by atoms with van der Waals surface area (Å²) in [5.41, 5.74) is 5.91. The van der Waals surface area contributed by atoms with E-state index in [4.69, 9.17) is 11.0 Å². The molecule has 0 spiro atoms. The predicted octanol–water partition coefficient (Wildman–Crippen LogP) is 2.11. The largest absolute Gasteiger partial charge is 0.382 e. The fraction of sp³-hybridized carbons (Fsp3) is 0.600. The standard InChI is InChI=1S/C15H21N5OS/c1-9-5-3-4-6-12(9)19-14(21)10(2)22-15-18-8-11(7-16)13(17)20-15/h8-10,12H,3-6H2,1-2H3,(H,19,21)(H2,17,18,20)/t9-,10+,12+/m1/s1. The lowest BCUT2D eigenvalue weighted by Crippen LogP contribution is -2.44. The van der Waals surface area contributed by atoms with Crippen molar-refractivity contribution in [3.63, 3.8) is 0 Å². The van der Waals surface area contributed by atoms with Gasteiger partial charge in [-0.15, -0.1) is 0 Å². The molecular weight excluding hydrogens is 298 g/mol. The van der Waals surface area contributed by atoms with Crippen LogP contribution in [0.1, 0.15) is 45.1 Å². The average molecular weight is 319 g/mol. The van der Waals surface area contributed by atoms with Crippen LogP contribution in [0.3, 0.4) is 0 Å². The Kier molecular flexibility index (Phi) is 5.61. The molecule has 1 fully saturated rings. The molecule has 1 heterocycles. The maximum atomic E-state index is 12.3. The molecule has 1 aromatic rings. The Morgan fingerprint density at radius 2 is 2.27 bits per heavy atom. The molecule has 1 aliphatic rings. The zero-order valence-electron chi connectivity index (χ0n) is 12.9. The van der Waals surface area contributed by atoms with E-state index < -0.39 is 0 Å². The summed E-state index contributed by atoms with van der Waals surface area (Å²) in [5.74, 6) is 0.667. The second-order valence-corrected chi connectivity index (χ2v) is 7.01. The van der Waals surface area contributed by atoms with Gasteiger partial charge in [-0.3, -0.25) is 4.79 Å². The number of thioether (sulfide) groups is 1. The highest BCUT2D eigenvalue weighted by Gasteiger charge is 2.25. The molecule has 7 heteroatoms. The number of carbonyl (C=O) groups excluding carboxylic acids is 1. The second kappa shape index (κ2) is 7.45. The number of aromatic nitrogens is 2. The first-order valence-electron chi connectivity index (χ1n) is 7.51. The van der Waals surface area contributed by atoms with Gasteiger partial charge in [0.25, 0.3) is 0 Å². The first-order valence-corrected chi connectivity index (χ1v) is 8.39. The van der Waals surface area contributed by atoms with E-state index in [1.165, 1.54) is 37.2 Å². The van der Waals surface area contributed by atoms with E-state index in [1.54, 1.807) is 0 Å². The van der Waals surface area contributed by atoms with Gasteiger partial charge in [-0.2, -0.15) is 5.26 Å². The predicted molar refractivity (Wildman–Crippen MR) is 86.0 cm³/mol. The smallest absolute Gasteiger partial charge is 0.233 e. The molecule has 2 rings (SSSR count). The van der Waals surface area contributed by atoms with Crippen LogP contribution in [0, 0.1) is 17.2 Å². The molecule has 1 aromatic heterocycles. The molecule has 0 aromatic carbocycles. The van der Waals surface area contributed by atoms with Crippen LogP contribution >= 0.6 is 11.8 Å². The average Bonchev–Trinajstić information content (AvgIpc) is 2.49. The highest BCUT2D eigenvalue weighted by Crippen LogP contribution is 2.25. The molecule has 6 nitrogen and oxygen atoms in total. The second-order valence-electron chi connectivity index (χ2n) is 5.70. The third kappa shape index (κ3) is 4.10. The van der Waals surface area contributed by atoms with Crippen molar-refractivity contribution >= 4 is 23.5 Å². The van der Waals surface area contributed by atoms with Crippen LogP contribution in [0.15, 0.2) is 11.4 Å². The van der Waals surface area contributed by atoms with Crippen LogP contribution in [0.25, 0.3) is 0 Å². The Hall–Kier alpha value is -1.81. The zero-order chi connectivity index (χ0) is 16.1. The Morgan fingerprint density at radius 3 is 2.91 bits per heavy atom. The number of nitriles is 1. The van der Waals surface area contributed by atoms with E-state index in [1.807, 2.05) is 13.0 Å². The number of nitrogens with two attached hydrogens (primary N) is 1. The summed E-state index contributed by atoms with van der Waals surface area (Å²) in [6.45, 7) is 4.01. The van der Waals surface area contributed by atoms with Gasteiger partial charge >= 0.3 is 0 Å². The lowest BCUT2D eigenvalue weighted by Gasteiger charge is -2.30. The maximum Gasteiger partial charge on any atom is 0.233 e. The van der Waals surface area contributed by atoms with Crippen molar-refractivity contribution in [1.82, 2.24) is 15.3 Å². The highest BCUT2D eigenvalue weighted by atomic mass is 32.2. The molecule has 22 heavy (non-hydrogen) atoms. The van der Waals surface area contributed by atoms with Crippen LogP contribution in [-0.2, 0) is 4.79 Å². The summed E-state index contributed by atoms with van der Waals surface area (Å²) in [5, 5.41) is 12.0. The van der Waals surface area contributed by atoms with Gasteiger partial charge in [0, 0.05) is 6.04 Å². The number of hydrogen-bond acceptors (Lipinski definition) is 6. The van der Waals surface area contributed by atoms with Gasteiger partial charge in [0.2, 0.25) is 5.91 Å². The first kappa shape index (κ1) is 16.6. The minimum atomic E-state index is -0.304. The van der Waals surface area contributed by atoms with Crippen LogP contribution in [-0.4, -0.2) is 27.2 Å². The number of hydrogen-bond donors (Lipinski definition) is 2. The molecule has 3 atom stereocenters. The van der Waals surface area contributed by atoms with Crippen LogP contribution in [0.4, 0.5) is 5.82 Å². The van der Waals surface area contributed by atoms with Crippen LogP contribution < -0.4 is 11.1 Å². The Balaban J connectivity index is 1.93. The van der Waals surface area contributed by atoms with E-state index in [0.29, 0.717) is 11.1 Å². The molecule has 0 radical (unpaired) electrons. The van der Waals surface area contributed by atoms with Crippen LogP contribution in [0.2, 0.25) is 0 Å². The van der Waals surface area contributed by atoms with Crippen molar-refractivity contribution in [2.24, 2.45) is 5.92 Å². The number of carbonyl (C=O) groups is 1. The zero-order valence-corrected chi connectivity index (χ0v) is 13.7. The summed E-state index contributed by atoms with van der Waals surface area (Å²) >= 11 is 1.25. The van der Waals surface area contributed by atoms with E-state index in [2.05, 4.69) is 22.2 Å². The summed E-state index contributed by atoms with van der Waals surface area (Å²) in [6, 6.07) is 2.18. The number of nitrogens with zero attached hydrogens (tertiary/aromatic N) is 3. The number of nitrogens with one attached hydrogen (secondary N) is 1. The van der Waals surface area contributed by atoms with Crippen molar-refractivity contribution in [3.8, 4) is 6.07 Å². The molecular formula is C15H21N5OS. The highest BCUT2D eigenvalue weighted by molar-refractivity contribution is 8.00. The van der Waals surface area contributed by atoms with Gasteiger partial charge in [0.1, 0.15) is 17.5 Å². The van der Waals surface area contributed by atoms with Crippen LogP contribution in [0.5, 0.6) is 0 Å². The summed E-state index contributed by atoms with van der Waals surface area (Å²) in [7, 11) is 0. The SMILES string of the molecule is C[C@H](Sc1ncc(C#N)c(N)n1)C(=O)N[C@H]1CCCC[C@H]1C. The van der Waals surface area contributed by atoms with E-state index >= 15 is 0 Å². The van der Waals surface area contributed by atoms with Gasteiger partial charge in [0.05, 0.1) is 11.4 Å². The number of rotatable bonds is 4. The van der Waals surface area contributed by atoms with Gasteiger partial charge in [-0.1, -0.05) is 31.5 Å². The molecule has 0 bridgehead atoms. The summed E-state index contributed by atoms with van der Waals surface area (Å²) in [4.78, 5) is 20.4. The minimum absolute atomic E-state index is 0.00437. The molecule has 1 saturated carbocycles. The normalized spacial score (nSPS) is 22.6. The topological polar surface area (TPSA) is 105 Å². The van der Waals surface area contributed by atoms with Crippen molar-refractivity contribution in [1.29, 1.82) is 5.26 Å². The Morgan fingerprint density at radius 1 is 1.55 bits per heavy atom. The molecule has 0 unspecified atom stereocenters. The third-order valence-corrected chi connectivity index (χ3v) is 4.98. The monoisotopic (exact) mass is 319 g/mol. The molecule has 1 amide bonds.